The van der Waals surface area contributed by atoms with E-state index in [1.54, 1.807) is 12.1 Å². The van der Waals surface area contributed by atoms with Crippen molar-refractivity contribution in [1.82, 2.24) is 5.43 Å². The Morgan fingerprint density at radius 2 is 2.00 bits per heavy atom. The number of hydrazine groups is 1. The van der Waals surface area contributed by atoms with E-state index in [2.05, 4.69) is 28.0 Å². The van der Waals surface area contributed by atoms with Crippen molar-refractivity contribution in [3.63, 3.8) is 0 Å². The number of halogens is 3. The van der Waals surface area contributed by atoms with Crippen LogP contribution >= 0.6 is 34.2 Å². The van der Waals surface area contributed by atoms with Crippen LogP contribution < -0.4 is 11.3 Å². The summed E-state index contributed by atoms with van der Waals surface area (Å²) in [4.78, 5) is 0. The molecule has 20 heavy (non-hydrogen) atoms. The lowest BCUT2D eigenvalue weighted by Crippen LogP contribution is -2.30. The van der Waals surface area contributed by atoms with Crippen LogP contribution in [0.4, 0.5) is 4.39 Å². The Hall–Kier alpha value is -0.690. The Kier molecular flexibility index (Phi) is 5.37. The van der Waals surface area contributed by atoms with Crippen molar-refractivity contribution < 1.29 is 4.39 Å². The molecule has 0 heterocycles. The summed E-state index contributed by atoms with van der Waals surface area (Å²) >= 11 is 8.36. The smallest absolute Gasteiger partial charge is 0.127 e. The Morgan fingerprint density at radius 1 is 1.30 bits per heavy atom. The quantitative estimate of drug-likeness (QED) is 0.457. The number of aryl methyl sites for hydroxylation is 1. The van der Waals surface area contributed by atoms with Crippen LogP contribution in [0.1, 0.15) is 22.7 Å². The van der Waals surface area contributed by atoms with Gasteiger partial charge in [-0.2, -0.15) is 0 Å². The van der Waals surface area contributed by atoms with Gasteiger partial charge in [0.25, 0.3) is 0 Å². The van der Waals surface area contributed by atoms with Gasteiger partial charge in [0.15, 0.2) is 0 Å². The minimum absolute atomic E-state index is 0.184. The van der Waals surface area contributed by atoms with Gasteiger partial charge in [-0.3, -0.25) is 11.3 Å². The maximum absolute atomic E-state index is 13.9. The van der Waals surface area contributed by atoms with Gasteiger partial charge in [0.05, 0.1) is 6.04 Å². The summed E-state index contributed by atoms with van der Waals surface area (Å²) < 4.78 is 15.0. The molecule has 0 bridgehead atoms. The van der Waals surface area contributed by atoms with Gasteiger partial charge in [0.1, 0.15) is 5.82 Å². The predicted octanol–water partition coefficient (Wildman–Crippen LogP) is 4.14. The summed E-state index contributed by atoms with van der Waals surface area (Å²) in [5.74, 6) is 5.35. The van der Waals surface area contributed by atoms with E-state index in [4.69, 9.17) is 17.4 Å². The highest BCUT2D eigenvalue weighted by atomic mass is 127. The SMILES string of the molecule is Cc1cccc(C(Cc2c(F)cccc2Cl)NN)c1I. The molecule has 1 atom stereocenters. The number of nitrogens with two attached hydrogens (primary N) is 1. The van der Waals surface area contributed by atoms with Gasteiger partial charge >= 0.3 is 0 Å². The van der Waals surface area contributed by atoms with Crippen molar-refractivity contribution in [3.05, 3.63) is 67.5 Å². The van der Waals surface area contributed by atoms with E-state index in [1.165, 1.54) is 11.6 Å². The zero-order valence-corrected chi connectivity index (χ0v) is 13.9. The molecule has 5 heteroatoms. The molecule has 3 N–H and O–H groups in total. The molecular formula is C15H15ClFIN2. The lowest BCUT2D eigenvalue weighted by atomic mass is 9.98. The summed E-state index contributed by atoms with van der Waals surface area (Å²) in [7, 11) is 0. The van der Waals surface area contributed by atoms with Crippen LogP contribution in [-0.2, 0) is 6.42 Å². The molecule has 0 aliphatic carbocycles. The molecule has 0 saturated heterocycles. The molecule has 0 fully saturated rings. The lowest BCUT2D eigenvalue weighted by molar-refractivity contribution is 0.527. The summed E-state index contributed by atoms with van der Waals surface area (Å²) in [5.41, 5.74) is 5.46. The second-order valence-corrected chi connectivity index (χ2v) is 6.09. The largest absolute Gasteiger partial charge is 0.271 e. The fraction of sp³-hybridized carbons (Fsp3) is 0.200. The maximum atomic E-state index is 13.9. The first-order valence-electron chi connectivity index (χ1n) is 6.18. The van der Waals surface area contributed by atoms with Gasteiger partial charge in [-0.15, -0.1) is 0 Å². The second kappa shape index (κ2) is 6.85. The molecule has 0 aliphatic heterocycles. The monoisotopic (exact) mass is 404 g/mol. The van der Waals surface area contributed by atoms with Crippen molar-refractivity contribution in [2.24, 2.45) is 5.84 Å². The second-order valence-electron chi connectivity index (χ2n) is 4.60. The Balaban J connectivity index is 2.37. The minimum atomic E-state index is -0.305. The van der Waals surface area contributed by atoms with Crippen molar-refractivity contribution in [2.75, 3.05) is 0 Å². The van der Waals surface area contributed by atoms with E-state index in [0.29, 0.717) is 17.0 Å². The van der Waals surface area contributed by atoms with Crippen LogP contribution in [0.3, 0.4) is 0 Å². The number of rotatable bonds is 4. The van der Waals surface area contributed by atoms with Gasteiger partial charge in [-0.1, -0.05) is 35.9 Å². The van der Waals surface area contributed by atoms with Crippen molar-refractivity contribution in [3.8, 4) is 0 Å². The molecule has 106 valence electrons. The number of nitrogens with one attached hydrogen (secondary N) is 1. The van der Waals surface area contributed by atoms with E-state index >= 15 is 0 Å². The zero-order chi connectivity index (χ0) is 14.7. The zero-order valence-electron chi connectivity index (χ0n) is 11.0. The molecule has 0 radical (unpaired) electrons. The lowest BCUT2D eigenvalue weighted by Gasteiger charge is -2.20. The third-order valence-corrected chi connectivity index (χ3v) is 5.10. The van der Waals surface area contributed by atoms with E-state index in [9.17, 15) is 4.39 Å². The molecule has 0 amide bonds. The Morgan fingerprint density at radius 3 is 2.65 bits per heavy atom. The van der Waals surface area contributed by atoms with Crippen molar-refractivity contribution >= 4 is 34.2 Å². The van der Waals surface area contributed by atoms with Crippen LogP contribution in [0, 0.1) is 16.3 Å². The van der Waals surface area contributed by atoms with Gasteiger partial charge in [0, 0.05) is 14.2 Å². The number of benzene rings is 2. The molecule has 0 aromatic heterocycles. The fourth-order valence-electron chi connectivity index (χ4n) is 2.13. The van der Waals surface area contributed by atoms with E-state index in [0.717, 1.165) is 9.13 Å². The van der Waals surface area contributed by atoms with Gasteiger partial charge in [-0.25, -0.2) is 4.39 Å². The summed E-state index contributed by atoms with van der Waals surface area (Å²) in [5, 5.41) is 0.424. The highest BCUT2D eigenvalue weighted by Gasteiger charge is 2.18. The summed E-state index contributed by atoms with van der Waals surface area (Å²) in [6.45, 7) is 2.04. The standard InChI is InChI=1S/C15H15ClFIN2/c1-9-4-2-5-10(15(9)18)14(20-19)8-11-12(16)6-3-7-13(11)17/h2-7,14,20H,8,19H2,1H3. The first kappa shape index (κ1) is 15.7. The topological polar surface area (TPSA) is 38.0 Å². The summed E-state index contributed by atoms with van der Waals surface area (Å²) in [6.07, 6.45) is 0.404. The van der Waals surface area contributed by atoms with Crippen LogP contribution in [-0.4, -0.2) is 0 Å². The van der Waals surface area contributed by atoms with Gasteiger partial charge in [-0.05, 0) is 59.2 Å². The molecular weight excluding hydrogens is 390 g/mol. The van der Waals surface area contributed by atoms with Gasteiger partial charge in [0.2, 0.25) is 0 Å². The normalized spacial score (nSPS) is 12.4. The van der Waals surface area contributed by atoms with Crippen molar-refractivity contribution in [1.29, 1.82) is 0 Å². The van der Waals surface area contributed by atoms with Crippen LogP contribution in [0.5, 0.6) is 0 Å². The van der Waals surface area contributed by atoms with E-state index in [-0.39, 0.29) is 11.9 Å². The molecule has 0 aliphatic rings. The minimum Gasteiger partial charge on any atom is -0.271 e. The molecule has 2 nitrogen and oxygen atoms in total. The van der Waals surface area contributed by atoms with E-state index in [1.807, 2.05) is 25.1 Å². The first-order valence-corrected chi connectivity index (χ1v) is 7.64. The molecule has 2 aromatic carbocycles. The predicted molar refractivity (Wildman–Crippen MR) is 89.1 cm³/mol. The highest BCUT2D eigenvalue weighted by Crippen LogP contribution is 2.28. The molecule has 0 saturated carbocycles. The Bertz CT molecular complexity index is 599. The molecule has 1 unspecified atom stereocenters. The maximum Gasteiger partial charge on any atom is 0.127 e. The van der Waals surface area contributed by atoms with Crippen LogP contribution in [0.25, 0.3) is 0 Å². The molecule has 0 spiro atoms. The summed E-state index contributed by atoms with van der Waals surface area (Å²) in [6, 6.07) is 10.5. The fourth-order valence-corrected chi connectivity index (χ4v) is 3.11. The molecule has 2 aromatic rings. The van der Waals surface area contributed by atoms with E-state index < -0.39 is 0 Å². The van der Waals surface area contributed by atoms with Crippen LogP contribution in [0.2, 0.25) is 5.02 Å². The third kappa shape index (κ3) is 3.31. The van der Waals surface area contributed by atoms with Gasteiger partial charge < -0.3 is 0 Å². The van der Waals surface area contributed by atoms with Crippen molar-refractivity contribution in [2.45, 2.75) is 19.4 Å². The number of hydrogen-bond acceptors (Lipinski definition) is 2. The number of hydrogen-bond donors (Lipinski definition) is 2. The Labute approximate surface area is 136 Å². The first-order chi connectivity index (χ1) is 9.54. The average molecular weight is 405 g/mol. The third-order valence-electron chi connectivity index (χ3n) is 3.27. The average Bonchev–Trinajstić information content (AvgIpc) is 2.42. The highest BCUT2D eigenvalue weighted by molar-refractivity contribution is 14.1. The molecule has 2 rings (SSSR count). The van der Waals surface area contributed by atoms with Crippen LogP contribution in [0.15, 0.2) is 36.4 Å².